The zero-order valence-electron chi connectivity index (χ0n) is 16.3. The van der Waals surface area contributed by atoms with Gasteiger partial charge in [-0.1, -0.05) is 60.2 Å². The lowest BCUT2D eigenvalue weighted by Gasteiger charge is -2.07. The fourth-order valence-corrected chi connectivity index (χ4v) is 2.94. The normalized spacial score (nSPS) is 11.0. The number of benzene rings is 3. The minimum atomic E-state index is -0.293. The minimum Gasteiger partial charge on any atom is -0.497 e. The Bertz CT molecular complexity index is 1120. The monoisotopic (exact) mass is 417 g/mol. The van der Waals surface area contributed by atoms with Crippen LogP contribution in [0.3, 0.4) is 0 Å². The number of hydrogen-bond acceptors (Lipinski definition) is 3. The first-order chi connectivity index (χ1) is 14.5. The topological polar surface area (TPSA) is 55.4 Å². The predicted octanol–water partition coefficient (Wildman–Crippen LogP) is 5.90. The van der Waals surface area contributed by atoms with E-state index in [9.17, 15) is 9.59 Å². The lowest BCUT2D eigenvalue weighted by Crippen LogP contribution is -2.12. The van der Waals surface area contributed by atoms with E-state index < -0.39 is 0 Å². The largest absolute Gasteiger partial charge is 0.497 e. The highest BCUT2D eigenvalue weighted by Crippen LogP contribution is 2.18. The van der Waals surface area contributed by atoms with Gasteiger partial charge in [-0.25, -0.2) is 0 Å². The van der Waals surface area contributed by atoms with Crippen molar-refractivity contribution in [1.82, 2.24) is 0 Å². The van der Waals surface area contributed by atoms with Crippen LogP contribution in [0.5, 0.6) is 5.75 Å². The summed E-state index contributed by atoms with van der Waals surface area (Å²) in [6, 6.07) is 21.5. The minimum absolute atomic E-state index is 0.150. The third-order valence-electron chi connectivity index (χ3n) is 4.24. The van der Waals surface area contributed by atoms with E-state index in [4.69, 9.17) is 16.3 Å². The van der Waals surface area contributed by atoms with Gasteiger partial charge in [0.25, 0.3) is 5.91 Å². The lowest BCUT2D eigenvalue weighted by molar-refractivity contribution is -0.110. The molecule has 5 heteroatoms. The highest BCUT2D eigenvalue weighted by atomic mass is 35.5. The standard InChI is InChI=1S/C25H20ClNO3/c1-30-22-9-5-7-19(17-22)13-15-21(28)14-12-18-6-4-8-20(16-18)27-25(29)23-10-2-3-11-24(23)26/h2-17H,1H3,(H,27,29)/b14-12+,15-13+. The summed E-state index contributed by atoms with van der Waals surface area (Å²) in [5.74, 6) is 0.290. The summed E-state index contributed by atoms with van der Waals surface area (Å²) >= 11 is 6.07. The van der Waals surface area contributed by atoms with E-state index in [1.165, 1.54) is 12.2 Å². The third-order valence-corrected chi connectivity index (χ3v) is 4.57. The van der Waals surface area contributed by atoms with Crippen LogP contribution >= 0.6 is 11.6 Å². The second kappa shape index (κ2) is 10.2. The molecule has 0 atom stereocenters. The molecule has 0 spiro atoms. The second-order valence-corrected chi connectivity index (χ2v) is 6.81. The summed E-state index contributed by atoms with van der Waals surface area (Å²) < 4.78 is 5.17. The van der Waals surface area contributed by atoms with Gasteiger partial charge in [-0.05, 0) is 59.7 Å². The van der Waals surface area contributed by atoms with E-state index in [0.717, 1.165) is 16.9 Å². The number of methoxy groups -OCH3 is 1. The number of nitrogens with one attached hydrogen (secondary N) is 1. The van der Waals surface area contributed by atoms with Gasteiger partial charge >= 0.3 is 0 Å². The van der Waals surface area contributed by atoms with Crippen LogP contribution in [-0.4, -0.2) is 18.8 Å². The van der Waals surface area contributed by atoms with Gasteiger partial charge in [0.1, 0.15) is 5.75 Å². The summed E-state index contributed by atoms with van der Waals surface area (Å²) in [6.07, 6.45) is 6.40. The van der Waals surface area contributed by atoms with Gasteiger partial charge in [-0.3, -0.25) is 9.59 Å². The van der Waals surface area contributed by atoms with Crippen molar-refractivity contribution in [3.8, 4) is 5.75 Å². The van der Waals surface area contributed by atoms with E-state index in [-0.39, 0.29) is 11.7 Å². The maximum atomic E-state index is 12.4. The van der Waals surface area contributed by atoms with Crippen LogP contribution < -0.4 is 10.1 Å². The van der Waals surface area contributed by atoms with Crippen LogP contribution in [0.1, 0.15) is 21.5 Å². The molecular formula is C25H20ClNO3. The summed E-state index contributed by atoms with van der Waals surface area (Å²) in [7, 11) is 1.60. The molecule has 150 valence electrons. The molecule has 3 rings (SSSR count). The number of ether oxygens (including phenoxy) is 1. The fraction of sp³-hybridized carbons (Fsp3) is 0.0400. The highest BCUT2D eigenvalue weighted by Gasteiger charge is 2.09. The van der Waals surface area contributed by atoms with Crippen molar-refractivity contribution in [3.05, 3.63) is 107 Å². The zero-order valence-corrected chi connectivity index (χ0v) is 17.1. The molecule has 4 nitrogen and oxygen atoms in total. The average Bonchev–Trinajstić information content (AvgIpc) is 2.77. The summed E-state index contributed by atoms with van der Waals surface area (Å²) in [4.78, 5) is 24.5. The predicted molar refractivity (Wildman–Crippen MR) is 122 cm³/mol. The number of carbonyl (C=O) groups is 2. The van der Waals surface area contributed by atoms with E-state index in [1.807, 2.05) is 30.3 Å². The molecular weight excluding hydrogens is 398 g/mol. The Labute approximate surface area is 180 Å². The molecule has 0 aliphatic rings. The molecule has 3 aromatic carbocycles. The first-order valence-electron chi connectivity index (χ1n) is 9.25. The van der Waals surface area contributed by atoms with Gasteiger partial charge in [0.2, 0.25) is 0 Å². The van der Waals surface area contributed by atoms with E-state index >= 15 is 0 Å². The molecule has 0 aliphatic heterocycles. The maximum absolute atomic E-state index is 12.4. The average molecular weight is 418 g/mol. The number of allylic oxidation sites excluding steroid dienone is 2. The Morgan fingerprint density at radius 1 is 0.867 bits per heavy atom. The van der Waals surface area contributed by atoms with Crippen LogP contribution in [0.4, 0.5) is 5.69 Å². The SMILES string of the molecule is COc1cccc(/C=C/C(=O)/C=C/c2cccc(NC(=O)c3ccccc3Cl)c2)c1. The molecule has 1 amide bonds. The van der Waals surface area contributed by atoms with Gasteiger partial charge < -0.3 is 10.1 Å². The third kappa shape index (κ3) is 5.93. The van der Waals surface area contributed by atoms with Crippen molar-refractivity contribution in [2.75, 3.05) is 12.4 Å². The van der Waals surface area contributed by atoms with Crippen LogP contribution in [0.15, 0.2) is 84.9 Å². The van der Waals surface area contributed by atoms with E-state index in [0.29, 0.717) is 16.3 Å². The van der Waals surface area contributed by atoms with Crippen LogP contribution in [0.25, 0.3) is 12.2 Å². The molecule has 0 unspecified atom stereocenters. The molecule has 3 aromatic rings. The van der Waals surface area contributed by atoms with Crippen LogP contribution in [0.2, 0.25) is 5.02 Å². The van der Waals surface area contributed by atoms with E-state index in [2.05, 4.69) is 5.32 Å². The molecule has 0 aromatic heterocycles. The van der Waals surface area contributed by atoms with Crippen molar-refractivity contribution in [2.24, 2.45) is 0 Å². The smallest absolute Gasteiger partial charge is 0.257 e. The first kappa shape index (κ1) is 21.1. The lowest BCUT2D eigenvalue weighted by atomic mass is 10.1. The number of anilines is 1. The summed E-state index contributed by atoms with van der Waals surface area (Å²) in [5, 5.41) is 3.20. The van der Waals surface area contributed by atoms with E-state index in [1.54, 1.807) is 61.7 Å². The van der Waals surface area contributed by atoms with Gasteiger partial charge in [-0.2, -0.15) is 0 Å². The van der Waals surface area contributed by atoms with Crippen molar-refractivity contribution < 1.29 is 14.3 Å². The van der Waals surface area contributed by atoms with Gasteiger partial charge in [0.15, 0.2) is 5.78 Å². The number of rotatable bonds is 7. The molecule has 0 saturated carbocycles. The molecule has 0 bridgehead atoms. The molecule has 0 saturated heterocycles. The first-order valence-corrected chi connectivity index (χ1v) is 9.63. The molecule has 0 heterocycles. The number of halogens is 1. The zero-order chi connectivity index (χ0) is 21.3. The maximum Gasteiger partial charge on any atom is 0.257 e. The Morgan fingerprint density at radius 3 is 2.23 bits per heavy atom. The van der Waals surface area contributed by atoms with Crippen molar-refractivity contribution >= 4 is 41.1 Å². The van der Waals surface area contributed by atoms with Gasteiger partial charge in [0, 0.05) is 5.69 Å². The Balaban J connectivity index is 1.64. The Hall–Kier alpha value is -3.63. The molecule has 0 radical (unpaired) electrons. The molecule has 0 fully saturated rings. The van der Waals surface area contributed by atoms with Crippen molar-refractivity contribution in [2.45, 2.75) is 0 Å². The summed E-state index contributed by atoms with van der Waals surface area (Å²) in [6.45, 7) is 0. The van der Waals surface area contributed by atoms with Crippen LogP contribution in [-0.2, 0) is 4.79 Å². The number of ketones is 1. The molecule has 0 aliphatic carbocycles. The molecule has 1 N–H and O–H groups in total. The molecule has 30 heavy (non-hydrogen) atoms. The Morgan fingerprint density at radius 2 is 1.53 bits per heavy atom. The number of amides is 1. The number of hydrogen-bond donors (Lipinski definition) is 1. The van der Waals surface area contributed by atoms with Crippen molar-refractivity contribution in [3.63, 3.8) is 0 Å². The van der Waals surface area contributed by atoms with Crippen molar-refractivity contribution in [1.29, 1.82) is 0 Å². The van der Waals surface area contributed by atoms with Gasteiger partial charge in [-0.15, -0.1) is 0 Å². The summed E-state index contributed by atoms with van der Waals surface area (Å²) in [5.41, 5.74) is 2.68. The second-order valence-electron chi connectivity index (χ2n) is 6.41. The number of carbonyl (C=O) groups excluding carboxylic acids is 2. The quantitative estimate of drug-likeness (QED) is 0.487. The highest BCUT2D eigenvalue weighted by molar-refractivity contribution is 6.34. The fourth-order valence-electron chi connectivity index (χ4n) is 2.72. The van der Waals surface area contributed by atoms with Crippen LogP contribution in [0, 0.1) is 0 Å². The Kier molecular flexibility index (Phi) is 7.19. The van der Waals surface area contributed by atoms with Gasteiger partial charge in [0.05, 0.1) is 17.7 Å².